The van der Waals surface area contributed by atoms with Crippen LogP contribution in [0.1, 0.15) is 57.0 Å². The van der Waals surface area contributed by atoms with E-state index in [-0.39, 0.29) is 5.41 Å². The number of benzene rings is 5. The van der Waals surface area contributed by atoms with Gasteiger partial charge in [0.05, 0.1) is 0 Å². The van der Waals surface area contributed by atoms with Gasteiger partial charge < -0.3 is 0 Å². The van der Waals surface area contributed by atoms with Crippen LogP contribution in [0.3, 0.4) is 0 Å². The minimum Gasteiger partial charge on any atom is -0.0622 e. The van der Waals surface area contributed by atoms with Gasteiger partial charge in [0.25, 0.3) is 0 Å². The average Bonchev–Trinajstić information content (AvgIpc) is 3.62. The summed E-state index contributed by atoms with van der Waals surface area (Å²) in [5, 5.41) is 0. The number of hydrogen-bond acceptors (Lipinski definition) is 0. The van der Waals surface area contributed by atoms with Gasteiger partial charge in [-0.25, -0.2) is 0 Å². The highest BCUT2D eigenvalue weighted by molar-refractivity contribution is 5.85. The molecule has 0 fully saturated rings. The summed E-state index contributed by atoms with van der Waals surface area (Å²) in [4.78, 5) is 0. The van der Waals surface area contributed by atoms with Crippen molar-refractivity contribution in [3.8, 4) is 22.3 Å². The highest BCUT2D eigenvalue weighted by Gasteiger charge is 2.38. The van der Waals surface area contributed by atoms with E-state index >= 15 is 0 Å². The van der Waals surface area contributed by atoms with Gasteiger partial charge >= 0.3 is 0 Å². The summed E-state index contributed by atoms with van der Waals surface area (Å²) in [5.74, 6) is 0. The molecule has 2 aliphatic carbocycles. The van der Waals surface area contributed by atoms with Crippen molar-refractivity contribution < 1.29 is 0 Å². The Labute approximate surface area is 257 Å². The monoisotopic (exact) mass is 556 g/mol. The predicted molar refractivity (Wildman–Crippen MR) is 184 cm³/mol. The molecule has 0 saturated carbocycles. The van der Waals surface area contributed by atoms with Crippen LogP contribution in [-0.2, 0) is 19.3 Å². The summed E-state index contributed by atoms with van der Waals surface area (Å²) in [6, 6.07) is 38.7. The summed E-state index contributed by atoms with van der Waals surface area (Å²) in [7, 11) is 0. The van der Waals surface area contributed by atoms with Crippen LogP contribution in [0.2, 0.25) is 0 Å². The van der Waals surface area contributed by atoms with Gasteiger partial charge in [-0.3, -0.25) is 0 Å². The Bertz CT molecular complexity index is 1770. The lowest BCUT2D eigenvalue weighted by Crippen LogP contribution is -2.25. The second-order valence-electron chi connectivity index (χ2n) is 13.2. The normalized spacial score (nSPS) is 13.9. The second-order valence-corrected chi connectivity index (χ2v) is 13.2. The zero-order valence-corrected chi connectivity index (χ0v) is 26.1. The summed E-state index contributed by atoms with van der Waals surface area (Å²) >= 11 is 0. The second kappa shape index (κ2) is 10.7. The third-order valence-electron chi connectivity index (χ3n) is 9.68. The fourth-order valence-corrected chi connectivity index (χ4v) is 7.65. The predicted octanol–water partition coefficient (Wildman–Crippen LogP) is 11.1. The third kappa shape index (κ3) is 5.10. The molecule has 0 saturated heterocycles. The Morgan fingerprint density at radius 1 is 0.512 bits per heavy atom. The van der Waals surface area contributed by atoms with Crippen molar-refractivity contribution in [1.82, 2.24) is 0 Å². The van der Waals surface area contributed by atoms with Crippen LogP contribution in [0, 0.1) is 33.1 Å². The van der Waals surface area contributed by atoms with Crippen molar-refractivity contribution in [2.45, 2.75) is 53.9 Å². The Kier molecular flexibility index (Phi) is 6.82. The first-order valence-electron chi connectivity index (χ1n) is 15.6. The van der Waals surface area contributed by atoms with Crippen molar-refractivity contribution in [3.63, 3.8) is 0 Å². The summed E-state index contributed by atoms with van der Waals surface area (Å²) < 4.78 is 0. The molecule has 7 rings (SSSR count). The molecular weight excluding hydrogens is 516 g/mol. The van der Waals surface area contributed by atoms with Crippen LogP contribution in [0.25, 0.3) is 34.4 Å². The zero-order valence-electron chi connectivity index (χ0n) is 26.1. The molecule has 0 aromatic heterocycles. The van der Waals surface area contributed by atoms with Crippen LogP contribution in [0.4, 0.5) is 0 Å². The lowest BCUT2D eigenvalue weighted by molar-refractivity contribution is 0.466. The molecule has 0 heterocycles. The molecule has 0 atom stereocenters. The molecule has 0 nitrogen and oxygen atoms in total. The van der Waals surface area contributed by atoms with Crippen LogP contribution < -0.4 is 0 Å². The van der Waals surface area contributed by atoms with Crippen LogP contribution in [-0.4, -0.2) is 0 Å². The summed E-state index contributed by atoms with van der Waals surface area (Å²) in [6.45, 7) is 11.3. The molecule has 0 bridgehead atoms. The maximum atomic E-state index is 2.54. The van der Waals surface area contributed by atoms with Crippen molar-refractivity contribution >= 4 is 12.2 Å². The van der Waals surface area contributed by atoms with E-state index in [0.717, 1.165) is 19.3 Å². The lowest BCUT2D eigenvalue weighted by atomic mass is 9.70. The SMILES string of the molecule is Cc1cc(C)cc(-c2cccc3c2C=C(C(C)(Cc2ccccc2)C2=Cc4c(cccc4-c4cc(C)cc(C)c4)C2)C3)c1. The Morgan fingerprint density at radius 3 is 1.40 bits per heavy atom. The number of rotatable bonds is 6. The van der Waals surface area contributed by atoms with Crippen LogP contribution in [0.15, 0.2) is 114 Å². The molecule has 0 spiro atoms. The smallest absolute Gasteiger partial charge is 0.0146 e. The molecule has 0 N–H and O–H groups in total. The topological polar surface area (TPSA) is 0 Å². The molecule has 212 valence electrons. The van der Waals surface area contributed by atoms with Crippen molar-refractivity contribution in [3.05, 3.63) is 164 Å². The van der Waals surface area contributed by atoms with Gasteiger partial charge in [-0.2, -0.15) is 0 Å². The molecule has 43 heavy (non-hydrogen) atoms. The summed E-state index contributed by atoms with van der Waals surface area (Å²) in [5.41, 5.74) is 20.6. The molecule has 0 amide bonds. The van der Waals surface area contributed by atoms with Gasteiger partial charge in [0.1, 0.15) is 0 Å². The van der Waals surface area contributed by atoms with E-state index < -0.39 is 0 Å². The van der Waals surface area contributed by atoms with Crippen LogP contribution in [0.5, 0.6) is 0 Å². The number of allylic oxidation sites excluding steroid dienone is 2. The molecule has 0 unspecified atom stereocenters. The molecule has 0 radical (unpaired) electrons. The standard InChI is InChI=1S/C43H40/c1-28-17-29(2)20-35(19-28)39-15-9-13-33-23-37(25-41(33)39)43(5,27-32-11-7-6-8-12-32)38-24-34-14-10-16-40(42(34)26-38)36-21-30(3)18-31(4)22-36/h6-22,25-26H,23-24,27H2,1-5H3. The zero-order chi connectivity index (χ0) is 29.7. The maximum Gasteiger partial charge on any atom is 0.0146 e. The van der Waals surface area contributed by atoms with Gasteiger partial charge in [0.15, 0.2) is 0 Å². The fourth-order valence-electron chi connectivity index (χ4n) is 7.65. The van der Waals surface area contributed by atoms with E-state index in [1.807, 2.05) is 0 Å². The van der Waals surface area contributed by atoms with E-state index in [1.54, 1.807) is 0 Å². The molecule has 5 aromatic carbocycles. The minimum absolute atomic E-state index is 0.0982. The van der Waals surface area contributed by atoms with Gasteiger partial charge in [-0.05, 0) is 97.0 Å². The Morgan fingerprint density at radius 2 is 0.953 bits per heavy atom. The molecule has 2 aliphatic rings. The first-order chi connectivity index (χ1) is 20.8. The van der Waals surface area contributed by atoms with E-state index in [2.05, 4.69) is 150 Å². The number of fused-ring (bicyclic) bond motifs is 2. The molecule has 5 aromatic rings. The van der Waals surface area contributed by atoms with Gasteiger partial charge in [-0.15, -0.1) is 0 Å². The fraction of sp³-hybridized carbons (Fsp3) is 0.209. The average molecular weight is 557 g/mol. The lowest BCUT2D eigenvalue weighted by Gasteiger charge is -2.34. The van der Waals surface area contributed by atoms with Crippen molar-refractivity contribution in [1.29, 1.82) is 0 Å². The molecular formula is C43H40. The first-order valence-corrected chi connectivity index (χ1v) is 15.6. The van der Waals surface area contributed by atoms with Crippen molar-refractivity contribution in [2.24, 2.45) is 5.41 Å². The molecule has 0 heteroatoms. The number of hydrogen-bond donors (Lipinski definition) is 0. The van der Waals surface area contributed by atoms with E-state index in [9.17, 15) is 0 Å². The molecule has 0 aliphatic heterocycles. The highest BCUT2D eigenvalue weighted by atomic mass is 14.4. The van der Waals surface area contributed by atoms with E-state index in [4.69, 9.17) is 0 Å². The van der Waals surface area contributed by atoms with Gasteiger partial charge in [-0.1, -0.05) is 156 Å². The van der Waals surface area contributed by atoms with Gasteiger partial charge in [0.2, 0.25) is 0 Å². The number of aryl methyl sites for hydroxylation is 4. The third-order valence-corrected chi connectivity index (χ3v) is 9.68. The Balaban J connectivity index is 1.35. The first kappa shape index (κ1) is 27.4. The van der Waals surface area contributed by atoms with Crippen molar-refractivity contribution in [2.75, 3.05) is 0 Å². The summed E-state index contributed by atoms with van der Waals surface area (Å²) in [6.07, 6.45) is 8.06. The Hall–Kier alpha value is -4.42. The van der Waals surface area contributed by atoms with E-state index in [0.29, 0.717) is 0 Å². The van der Waals surface area contributed by atoms with Gasteiger partial charge in [0, 0.05) is 5.41 Å². The van der Waals surface area contributed by atoms with Crippen LogP contribution >= 0.6 is 0 Å². The minimum atomic E-state index is -0.0982. The highest BCUT2D eigenvalue weighted by Crippen LogP contribution is 2.50. The quantitative estimate of drug-likeness (QED) is 0.195. The maximum absolute atomic E-state index is 2.54. The van der Waals surface area contributed by atoms with E-state index in [1.165, 1.54) is 83.5 Å². The largest absolute Gasteiger partial charge is 0.0622 e.